The Morgan fingerprint density at radius 1 is 1.38 bits per heavy atom. The van der Waals surface area contributed by atoms with Crippen LogP contribution in [0.5, 0.6) is 0 Å². The van der Waals surface area contributed by atoms with Crippen molar-refractivity contribution in [1.29, 1.82) is 5.41 Å². The Morgan fingerprint density at radius 3 is 2.81 bits per heavy atom. The van der Waals surface area contributed by atoms with Gasteiger partial charge in [0.1, 0.15) is 4.90 Å². The Morgan fingerprint density at radius 2 is 2.16 bits per heavy atom. The highest BCUT2D eigenvalue weighted by Crippen LogP contribution is 2.33. The van der Waals surface area contributed by atoms with Crippen LogP contribution in [-0.4, -0.2) is 67.8 Å². The van der Waals surface area contributed by atoms with Crippen LogP contribution in [0.15, 0.2) is 32.3 Å². The van der Waals surface area contributed by atoms with Gasteiger partial charge in [-0.15, -0.1) is 5.11 Å². The quantitative estimate of drug-likeness (QED) is 0.0960. The first-order valence-electron chi connectivity index (χ1n) is 10.4. The molecule has 14 heteroatoms. The van der Waals surface area contributed by atoms with E-state index in [0.29, 0.717) is 18.7 Å². The van der Waals surface area contributed by atoms with Crippen LogP contribution in [0, 0.1) is 5.41 Å². The molecule has 12 nitrogen and oxygen atoms in total. The molecule has 3 rings (SSSR count). The first kappa shape index (κ1) is 24.7. The molecule has 178 valence electrons. The summed E-state index contributed by atoms with van der Waals surface area (Å²) < 4.78 is 38.4. The molecule has 0 saturated carbocycles. The summed E-state index contributed by atoms with van der Waals surface area (Å²) in [6.07, 6.45) is 2.49. The Bertz CT molecular complexity index is 995. The number of nitrogens with two attached hydrogens (primary N) is 2. The molecule has 0 aliphatic carbocycles. The number of aliphatic hydroxyl groups is 1. The van der Waals surface area contributed by atoms with Crippen LogP contribution >= 0.6 is 0 Å². The summed E-state index contributed by atoms with van der Waals surface area (Å²) >= 11 is 0. The van der Waals surface area contributed by atoms with Crippen molar-refractivity contribution < 1.29 is 17.7 Å². The topological polar surface area (TPSA) is 199 Å². The molecule has 1 aromatic rings. The van der Waals surface area contributed by atoms with Crippen LogP contribution in [0.4, 0.5) is 5.69 Å². The van der Waals surface area contributed by atoms with Gasteiger partial charge in [-0.25, -0.2) is 13.6 Å². The van der Waals surface area contributed by atoms with Gasteiger partial charge in [0.05, 0.1) is 33.2 Å². The Labute approximate surface area is 189 Å². The molecule has 2 unspecified atom stereocenters. The molecule has 2 heterocycles. The number of nitrogens with zero attached hydrogens (tertiary/aromatic N) is 3. The number of β-amino-alcohol motifs (C(OH)–C–C–N with tert-alkyl or cyclic N) is 1. The number of amidine groups is 1. The lowest BCUT2D eigenvalue weighted by atomic mass is 10.1. The summed E-state index contributed by atoms with van der Waals surface area (Å²) in [6, 6.07) is 3.18. The SMILES string of the molecule is N=C(N=NN)c1c(N2CCCCC(O)C2)ccc(S(=O)CN[C@@H]2CCNC2)c1S(N)(=O)=O. The maximum atomic E-state index is 13.1. The van der Waals surface area contributed by atoms with E-state index in [1.54, 1.807) is 11.0 Å². The van der Waals surface area contributed by atoms with Gasteiger partial charge in [-0.1, -0.05) is 5.22 Å². The van der Waals surface area contributed by atoms with Gasteiger partial charge in [-0.05, 0) is 44.4 Å². The van der Waals surface area contributed by atoms with Crippen molar-refractivity contribution in [3.63, 3.8) is 0 Å². The lowest BCUT2D eigenvalue weighted by molar-refractivity contribution is 0.174. The van der Waals surface area contributed by atoms with E-state index in [9.17, 15) is 17.7 Å². The Kier molecular flexibility index (Phi) is 8.30. The van der Waals surface area contributed by atoms with Crippen molar-refractivity contribution in [3.05, 3.63) is 17.7 Å². The summed E-state index contributed by atoms with van der Waals surface area (Å²) in [7, 11) is -6.16. The van der Waals surface area contributed by atoms with Crippen molar-refractivity contribution in [1.82, 2.24) is 10.6 Å². The van der Waals surface area contributed by atoms with Crippen LogP contribution < -0.4 is 26.5 Å². The highest BCUT2D eigenvalue weighted by molar-refractivity contribution is 7.91. The predicted molar refractivity (Wildman–Crippen MR) is 121 cm³/mol. The third kappa shape index (κ3) is 5.88. The van der Waals surface area contributed by atoms with Crippen molar-refractivity contribution >= 4 is 32.3 Å². The Hall–Kier alpha value is -1.97. The van der Waals surface area contributed by atoms with Gasteiger partial charge in [-0.2, -0.15) is 0 Å². The molecule has 0 radical (unpaired) electrons. The highest BCUT2D eigenvalue weighted by Gasteiger charge is 2.31. The number of benzene rings is 1. The molecule has 1 aromatic carbocycles. The van der Waals surface area contributed by atoms with Crippen molar-refractivity contribution in [2.24, 2.45) is 21.3 Å². The van der Waals surface area contributed by atoms with Gasteiger partial charge < -0.3 is 26.5 Å². The summed E-state index contributed by atoms with van der Waals surface area (Å²) in [4.78, 5) is 1.34. The van der Waals surface area contributed by atoms with E-state index >= 15 is 0 Å². The molecule has 2 fully saturated rings. The van der Waals surface area contributed by atoms with Crippen LogP contribution in [0.25, 0.3) is 0 Å². The minimum absolute atomic E-state index is 0.0166. The zero-order valence-electron chi connectivity index (χ0n) is 17.7. The maximum Gasteiger partial charge on any atom is 0.240 e. The number of hydrogen-bond donors (Lipinski definition) is 6. The van der Waals surface area contributed by atoms with Crippen LogP contribution in [0.2, 0.25) is 0 Å². The second kappa shape index (κ2) is 10.8. The van der Waals surface area contributed by atoms with E-state index in [1.165, 1.54) is 6.07 Å². The monoisotopic (exact) mass is 486 g/mol. The van der Waals surface area contributed by atoms with Crippen molar-refractivity contribution in [2.75, 3.05) is 37.0 Å². The average molecular weight is 487 g/mol. The van der Waals surface area contributed by atoms with Crippen LogP contribution in [0.1, 0.15) is 31.2 Å². The zero-order valence-corrected chi connectivity index (χ0v) is 19.3. The molecule has 8 N–H and O–H groups in total. The summed E-state index contributed by atoms with van der Waals surface area (Å²) in [5, 5.41) is 37.1. The fourth-order valence-corrected chi connectivity index (χ4v) is 6.59. The largest absolute Gasteiger partial charge is 0.391 e. The minimum Gasteiger partial charge on any atom is -0.391 e. The molecular weight excluding hydrogens is 456 g/mol. The van der Waals surface area contributed by atoms with Gasteiger partial charge >= 0.3 is 0 Å². The lowest BCUT2D eigenvalue weighted by Crippen LogP contribution is -2.35. The van der Waals surface area contributed by atoms with Crippen molar-refractivity contribution in [3.8, 4) is 0 Å². The lowest BCUT2D eigenvalue weighted by Gasteiger charge is -2.28. The van der Waals surface area contributed by atoms with Crippen molar-refractivity contribution in [2.45, 2.75) is 47.6 Å². The first-order valence-corrected chi connectivity index (χ1v) is 13.2. The number of aliphatic hydroxyl groups excluding tert-OH is 1. The van der Waals surface area contributed by atoms with Crippen LogP contribution in [0.3, 0.4) is 0 Å². The molecular formula is C18H30N8O4S2. The zero-order chi connectivity index (χ0) is 23.3. The number of anilines is 1. The van der Waals surface area contributed by atoms with E-state index in [1.807, 2.05) is 0 Å². The molecule has 32 heavy (non-hydrogen) atoms. The van der Waals surface area contributed by atoms with E-state index in [2.05, 4.69) is 21.0 Å². The molecule has 0 aromatic heterocycles. The molecule has 2 aliphatic rings. The van der Waals surface area contributed by atoms with Gasteiger partial charge in [0.15, 0.2) is 5.84 Å². The maximum absolute atomic E-state index is 13.1. The van der Waals surface area contributed by atoms with Crippen LogP contribution in [-0.2, 0) is 20.8 Å². The molecule has 3 atom stereocenters. The fourth-order valence-electron chi connectivity index (χ4n) is 4.05. The van der Waals surface area contributed by atoms with Gasteiger partial charge in [0.2, 0.25) is 10.0 Å². The summed E-state index contributed by atoms with van der Waals surface area (Å²) in [5.74, 6) is 4.64. The highest BCUT2D eigenvalue weighted by atomic mass is 32.2. The van der Waals surface area contributed by atoms with E-state index < -0.39 is 37.7 Å². The second-order valence-electron chi connectivity index (χ2n) is 7.88. The predicted octanol–water partition coefficient (Wildman–Crippen LogP) is -0.647. The Balaban J connectivity index is 2.09. The number of rotatable bonds is 7. The summed E-state index contributed by atoms with van der Waals surface area (Å²) in [6.45, 7) is 2.39. The average Bonchev–Trinajstić information content (AvgIpc) is 3.17. The minimum atomic E-state index is -4.40. The smallest absolute Gasteiger partial charge is 0.240 e. The number of nitrogens with one attached hydrogen (secondary N) is 3. The molecule has 2 saturated heterocycles. The number of hydrogen-bond acceptors (Lipinski definition) is 9. The standard InChI is InChI=1S/C18H30N8O4S2/c19-18(24-25-20)16-14(26-8-2-1-3-13(27)10-26)4-5-15(17(16)32(21,29)30)31(28)11-23-12-6-7-22-9-12/h4-5,12-13,22-23,27H,1-3,6-11H2,(H3,19,20,24)(H2,21,29,30)/t12-,13?,31?/m1/s1. The first-order chi connectivity index (χ1) is 15.2. The van der Waals surface area contributed by atoms with Gasteiger partial charge in [0, 0.05) is 31.4 Å². The third-order valence-electron chi connectivity index (χ3n) is 5.57. The molecule has 2 aliphatic heterocycles. The van der Waals surface area contributed by atoms with Gasteiger partial charge in [-0.3, -0.25) is 9.62 Å². The van der Waals surface area contributed by atoms with E-state index in [-0.39, 0.29) is 28.9 Å². The second-order valence-corrected chi connectivity index (χ2v) is 10.8. The third-order valence-corrected chi connectivity index (χ3v) is 7.96. The summed E-state index contributed by atoms with van der Waals surface area (Å²) in [5.41, 5.74) is 0.227. The van der Waals surface area contributed by atoms with E-state index in [0.717, 1.165) is 32.4 Å². The number of sulfonamides is 1. The molecule has 0 bridgehead atoms. The molecule has 0 spiro atoms. The number of primary sulfonamides is 1. The fraction of sp³-hybridized carbons (Fsp3) is 0.611. The van der Waals surface area contributed by atoms with E-state index in [4.69, 9.17) is 16.4 Å². The normalized spacial score (nSPS) is 23.4. The molecule has 0 amide bonds. The van der Waals surface area contributed by atoms with Gasteiger partial charge in [0.25, 0.3) is 0 Å².